The zero-order valence-corrected chi connectivity index (χ0v) is 15.4. The maximum absolute atomic E-state index is 12.5. The third kappa shape index (κ3) is 2.93. The molecular formula is C20H18N4OS. The Morgan fingerprint density at radius 1 is 1.08 bits per heavy atom. The highest BCUT2D eigenvalue weighted by Crippen LogP contribution is 2.25. The molecule has 0 radical (unpaired) electrons. The normalized spacial score (nSPS) is 11.2. The van der Waals surface area contributed by atoms with Gasteiger partial charge in [0.2, 0.25) is 0 Å². The van der Waals surface area contributed by atoms with E-state index in [1.165, 1.54) is 5.56 Å². The van der Waals surface area contributed by atoms with Gasteiger partial charge < -0.3 is 0 Å². The van der Waals surface area contributed by atoms with Crippen LogP contribution < -0.4 is 5.56 Å². The van der Waals surface area contributed by atoms with Crippen molar-refractivity contribution < 1.29 is 0 Å². The number of rotatable bonds is 4. The maximum Gasteiger partial charge on any atom is 0.261 e. The minimum absolute atomic E-state index is 0.0200. The summed E-state index contributed by atoms with van der Waals surface area (Å²) in [6.45, 7) is 2.08. The van der Waals surface area contributed by atoms with Crippen molar-refractivity contribution in [1.29, 1.82) is 0 Å². The standard InChI is InChI=1S/C20H18N4OS/c1-14-7-3-6-10-17(14)24-12-11-21-20(24)26-13-18-22-16-9-5-4-8-15(16)19(25)23(18)2/h3-12H,13H2,1-2H3. The molecule has 0 saturated heterocycles. The third-order valence-corrected chi connectivity index (χ3v) is 5.35. The quantitative estimate of drug-likeness (QED) is 0.519. The molecule has 2 aromatic carbocycles. The summed E-state index contributed by atoms with van der Waals surface area (Å²) in [5, 5.41) is 1.52. The van der Waals surface area contributed by atoms with Gasteiger partial charge in [-0.3, -0.25) is 13.9 Å². The first kappa shape index (κ1) is 16.6. The molecule has 0 atom stereocenters. The topological polar surface area (TPSA) is 52.7 Å². The molecule has 0 saturated carbocycles. The maximum atomic E-state index is 12.5. The number of imidazole rings is 1. The van der Waals surface area contributed by atoms with Crippen molar-refractivity contribution in [2.24, 2.45) is 7.05 Å². The number of aryl methyl sites for hydroxylation is 1. The van der Waals surface area contributed by atoms with Gasteiger partial charge in [-0.05, 0) is 30.7 Å². The van der Waals surface area contributed by atoms with Crippen molar-refractivity contribution in [2.45, 2.75) is 17.8 Å². The SMILES string of the molecule is Cc1ccccc1-n1ccnc1SCc1nc2ccccc2c(=O)n1C. The fraction of sp³-hybridized carbons (Fsp3) is 0.150. The summed E-state index contributed by atoms with van der Waals surface area (Å²) in [5.74, 6) is 1.30. The molecule has 0 spiro atoms. The molecule has 130 valence electrons. The highest BCUT2D eigenvalue weighted by Gasteiger charge is 2.12. The van der Waals surface area contributed by atoms with Gasteiger partial charge in [-0.25, -0.2) is 9.97 Å². The van der Waals surface area contributed by atoms with Crippen LogP contribution >= 0.6 is 11.8 Å². The van der Waals surface area contributed by atoms with Crippen molar-refractivity contribution in [3.8, 4) is 5.69 Å². The van der Waals surface area contributed by atoms with E-state index in [0.29, 0.717) is 11.1 Å². The number of aromatic nitrogens is 4. The van der Waals surface area contributed by atoms with E-state index in [1.807, 2.05) is 42.6 Å². The van der Waals surface area contributed by atoms with Gasteiger partial charge in [-0.2, -0.15) is 0 Å². The Bertz CT molecular complexity index is 1150. The van der Waals surface area contributed by atoms with Crippen LogP contribution in [0, 0.1) is 6.92 Å². The molecule has 2 aromatic heterocycles. The van der Waals surface area contributed by atoms with E-state index < -0.39 is 0 Å². The predicted molar refractivity (Wildman–Crippen MR) is 105 cm³/mol. The van der Waals surface area contributed by atoms with Gasteiger partial charge in [-0.1, -0.05) is 42.1 Å². The zero-order valence-electron chi connectivity index (χ0n) is 14.6. The van der Waals surface area contributed by atoms with Crippen molar-refractivity contribution in [3.05, 3.63) is 82.7 Å². The second-order valence-electron chi connectivity index (χ2n) is 6.06. The van der Waals surface area contributed by atoms with Crippen LogP contribution in [0.3, 0.4) is 0 Å². The molecule has 4 rings (SSSR count). The highest BCUT2D eigenvalue weighted by molar-refractivity contribution is 7.98. The molecule has 5 nitrogen and oxygen atoms in total. The first-order chi connectivity index (χ1) is 12.6. The minimum atomic E-state index is -0.0200. The van der Waals surface area contributed by atoms with Crippen LogP contribution in [-0.4, -0.2) is 19.1 Å². The lowest BCUT2D eigenvalue weighted by Gasteiger charge is -2.11. The lowest BCUT2D eigenvalue weighted by molar-refractivity contribution is 0.783. The van der Waals surface area contributed by atoms with Gasteiger partial charge in [0.25, 0.3) is 5.56 Å². The average Bonchev–Trinajstić information content (AvgIpc) is 3.12. The van der Waals surface area contributed by atoms with Crippen molar-refractivity contribution >= 4 is 22.7 Å². The second-order valence-corrected chi connectivity index (χ2v) is 7.01. The first-order valence-corrected chi connectivity index (χ1v) is 9.30. The van der Waals surface area contributed by atoms with E-state index >= 15 is 0 Å². The Hall–Kier alpha value is -2.86. The summed E-state index contributed by atoms with van der Waals surface area (Å²) >= 11 is 1.57. The fourth-order valence-electron chi connectivity index (χ4n) is 2.94. The lowest BCUT2D eigenvalue weighted by Crippen LogP contribution is -2.21. The summed E-state index contributed by atoms with van der Waals surface area (Å²) in [6, 6.07) is 15.6. The summed E-state index contributed by atoms with van der Waals surface area (Å²) in [6.07, 6.45) is 3.75. The monoisotopic (exact) mass is 362 g/mol. The van der Waals surface area contributed by atoms with Gasteiger partial charge in [0.1, 0.15) is 5.82 Å². The Labute approximate surface area is 155 Å². The zero-order chi connectivity index (χ0) is 18.1. The van der Waals surface area contributed by atoms with Crippen molar-refractivity contribution in [2.75, 3.05) is 0 Å². The Morgan fingerprint density at radius 2 is 1.85 bits per heavy atom. The Morgan fingerprint density at radius 3 is 2.69 bits per heavy atom. The molecule has 0 bridgehead atoms. The molecular weight excluding hydrogens is 344 g/mol. The number of nitrogens with zero attached hydrogens (tertiary/aromatic N) is 4. The van der Waals surface area contributed by atoms with Crippen LogP contribution in [0.4, 0.5) is 0 Å². The molecule has 2 heterocycles. The van der Waals surface area contributed by atoms with Gasteiger partial charge in [0, 0.05) is 19.4 Å². The number of thioether (sulfide) groups is 1. The molecule has 0 aliphatic carbocycles. The predicted octanol–water partition coefficient (Wildman–Crippen LogP) is 3.72. The fourth-order valence-corrected chi connectivity index (χ4v) is 3.89. The van der Waals surface area contributed by atoms with Gasteiger partial charge in [0.05, 0.1) is 22.3 Å². The molecule has 0 N–H and O–H groups in total. The van der Waals surface area contributed by atoms with Crippen LogP contribution in [0.25, 0.3) is 16.6 Å². The van der Waals surface area contributed by atoms with Gasteiger partial charge in [-0.15, -0.1) is 0 Å². The molecule has 6 heteroatoms. The highest BCUT2D eigenvalue weighted by atomic mass is 32.2. The van der Waals surface area contributed by atoms with Crippen LogP contribution in [0.15, 0.2) is 70.9 Å². The van der Waals surface area contributed by atoms with E-state index in [-0.39, 0.29) is 5.56 Å². The van der Waals surface area contributed by atoms with Crippen molar-refractivity contribution in [1.82, 2.24) is 19.1 Å². The molecule has 26 heavy (non-hydrogen) atoms. The van der Waals surface area contributed by atoms with E-state index in [9.17, 15) is 4.79 Å². The van der Waals surface area contributed by atoms with Crippen LogP contribution in [0.2, 0.25) is 0 Å². The van der Waals surface area contributed by atoms with E-state index in [2.05, 4.69) is 33.6 Å². The molecule has 4 aromatic rings. The summed E-state index contributed by atoms with van der Waals surface area (Å²) in [7, 11) is 1.77. The van der Waals surface area contributed by atoms with Gasteiger partial charge in [0.15, 0.2) is 5.16 Å². The van der Waals surface area contributed by atoms with Crippen LogP contribution in [-0.2, 0) is 12.8 Å². The summed E-state index contributed by atoms with van der Waals surface area (Å²) < 4.78 is 3.69. The number of fused-ring (bicyclic) bond motifs is 1. The Kier molecular flexibility index (Phi) is 4.34. The van der Waals surface area contributed by atoms with E-state index in [4.69, 9.17) is 0 Å². The average molecular weight is 362 g/mol. The van der Waals surface area contributed by atoms with E-state index in [0.717, 1.165) is 22.2 Å². The number of hydrogen-bond acceptors (Lipinski definition) is 4. The van der Waals surface area contributed by atoms with Crippen LogP contribution in [0.1, 0.15) is 11.4 Å². The largest absolute Gasteiger partial charge is 0.299 e. The van der Waals surface area contributed by atoms with Gasteiger partial charge >= 0.3 is 0 Å². The molecule has 0 fully saturated rings. The van der Waals surface area contributed by atoms with E-state index in [1.54, 1.807) is 29.6 Å². The minimum Gasteiger partial charge on any atom is -0.299 e. The second kappa shape index (κ2) is 6.80. The number of benzene rings is 2. The Balaban J connectivity index is 1.66. The molecule has 0 amide bonds. The van der Waals surface area contributed by atoms with Crippen molar-refractivity contribution in [3.63, 3.8) is 0 Å². The molecule has 0 unspecified atom stereocenters. The summed E-state index contributed by atoms with van der Waals surface area (Å²) in [5.41, 5.74) is 3.00. The number of hydrogen-bond donors (Lipinski definition) is 0. The summed E-state index contributed by atoms with van der Waals surface area (Å²) in [4.78, 5) is 21.7. The molecule has 0 aliphatic rings. The number of para-hydroxylation sites is 2. The smallest absolute Gasteiger partial charge is 0.261 e. The lowest BCUT2D eigenvalue weighted by atomic mass is 10.2. The first-order valence-electron chi connectivity index (χ1n) is 8.32. The molecule has 0 aliphatic heterocycles. The van der Waals surface area contributed by atoms with Crippen LogP contribution in [0.5, 0.6) is 0 Å². The third-order valence-electron chi connectivity index (χ3n) is 4.39.